The number of hydrogen-bond acceptors (Lipinski definition) is 6. The summed E-state index contributed by atoms with van der Waals surface area (Å²) in [5, 5.41) is 0.471. The molecule has 0 aliphatic carbocycles. The summed E-state index contributed by atoms with van der Waals surface area (Å²) in [6, 6.07) is 8.27. The van der Waals surface area contributed by atoms with Crippen LogP contribution >= 0.6 is 11.6 Å². The van der Waals surface area contributed by atoms with Crippen molar-refractivity contribution in [1.29, 1.82) is 0 Å². The fraction of sp³-hybridized carbons (Fsp3) is 0.500. The van der Waals surface area contributed by atoms with Crippen molar-refractivity contribution in [2.75, 3.05) is 33.4 Å². The van der Waals surface area contributed by atoms with Crippen LogP contribution in [-0.4, -0.2) is 60.7 Å². The van der Waals surface area contributed by atoms with Gasteiger partial charge in [0.1, 0.15) is 11.4 Å². The van der Waals surface area contributed by atoms with Crippen molar-refractivity contribution in [3.05, 3.63) is 52.8 Å². The van der Waals surface area contributed by atoms with Gasteiger partial charge in [-0.25, -0.2) is 9.59 Å². The first kappa shape index (κ1) is 26.6. The molecule has 0 bridgehead atoms. The fourth-order valence-electron chi connectivity index (χ4n) is 3.95. The van der Waals surface area contributed by atoms with E-state index >= 15 is 0 Å². The van der Waals surface area contributed by atoms with Crippen LogP contribution in [0.25, 0.3) is 0 Å². The number of ether oxygens (including phenoxy) is 3. The first-order chi connectivity index (χ1) is 16.8. The minimum Gasteiger partial charge on any atom is -0.492 e. The van der Waals surface area contributed by atoms with Crippen LogP contribution < -0.4 is 4.74 Å². The molecule has 0 radical (unpaired) electrons. The molecule has 0 unspecified atom stereocenters. The van der Waals surface area contributed by atoms with Crippen molar-refractivity contribution in [2.45, 2.75) is 39.7 Å². The molecule has 9 heteroatoms. The lowest BCUT2D eigenvalue weighted by molar-refractivity contribution is 0.0588. The molecular formula is C26H33ClN2O6. The Labute approximate surface area is 211 Å². The number of methoxy groups -OCH3 is 1. The van der Waals surface area contributed by atoms with Crippen molar-refractivity contribution in [2.24, 2.45) is 11.8 Å². The van der Waals surface area contributed by atoms with Gasteiger partial charge in [0.15, 0.2) is 5.78 Å². The highest BCUT2D eigenvalue weighted by Crippen LogP contribution is 2.23. The van der Waals surface area contributed by atoms with Crippen LogP contribution in [0.2, 0.25) is 5.02 Å². The van der Waals surface area contributed by atoms with E-state index < -0.39 is 5.97 Å². The Morgan fingerprint density at radius 2 is 1.89 bits per heavy atom. The van der Waals surface area contributed by atoms with Crippen LogP contribution in [0.4, 0.5) is 4.79 Å². The van der Waals surface area contributed by atoms with Crippen LogP contribution in [0.1, 0.15) is 54.0 Å². The summed E-state index contributed by atoms with van der Waals surface area (Å²) in [6.07, 6.45) is 4.01. The normalized spacial score (nSPS) is 14.1. The van der Waals surface area contributed by atoms with Gasteiger partial charge in [0, 0.05) is 35.9 Å². The number of piperidine rings is 1. The Morgan fingerprint density at radius 3 is 2.54 bits per heavy atom. The fourth-order valence-corrected chi connectivity index (χ4v) is 4.14. The molecule has 1 aromatic heterocycles. The number of esters is 1. The Morgan fingerprint density at radius 1 is 1.14 bits per heavy atom. The number of carbonyl (C=O) groups excluding carboxylic acids is 3. The van der Waals surface area contributed by atoms with Gasteiger partial charge in [0.2, 0.25) is 0 Å². The second kappa shape index (κ2) is 12.6. The molecule has 1 amide bonds. The van der Waals surface area contributed by atoms with E-state index in [-0.39, 0.29) is 24.1 Å². The van der Waals surface area contributed by atoms with Crippen LogP contribution in [0, 0.1) is 11.8 Å². The quantitative estimate of drug-likeness (QED) is 0.331. The lowest BCUT2D eigenvalue weighted by Gasteiger charge is -2.31. The van der Waals surface area contributed by atoms with Crippen molar-refractivity contribution >= 4 is 29.4 Å². The van der Waals surface area contributed by atoms with E-state index in [1.807, 2.05) is 13.8 Å². The Bertz CT molecular complexity index is 1030. The third kappa shape index (κ3) is 7.75. The van der Waals surface area contributed by atoms with E-state index in [2.05, 4.69) is 0 Å². The number of halogens is 1. The van der Waals surface area contributed by atoms with Gasteiger partial charge in [-0.1, -0.05) is 37.6 Å². The van der Waals surface area contributed by atoms with Gasteiger partial charge in [0.25, 0.3) is 0 Å². The van der Waals surface area contributed by atoms with Crippen LogP contribution in [0.15, 0.2) is 36.5 Å². The van der Waals surface area contributed by atoms with E-state index in [9.17, 15) is 14.4 Å². The molecule has 1 saturated heterocycles. The predicted octanol–water partition coefficient (Wildman–Crippen LogP) is 5.08. The summed E-state index contributed by atoms with van der Waals surface area (Å²) in [5.41, 5.74) is 0.704. The summed E-state index contributed by atoms with van der Waals surface area (Å²) < 4.78 is 17.6. The average molecular weight is 505 g/mol. The molecule has 8 nitrogen and oxygen atoms in total. The monoisotopic (exact) mass is 504 g/mol. The number of ketones is 1. The first-order valence-corrected chi connectivity index (χ1v) is 12.3. The van der Waals surface area contributed by atoms with E-state index in [0.29, 0.717) is 54.5 Å². The maximum Gasteiger partial charge on any atom is 0.409 e. The molecule has 1 aliphatic heterocycles. The minimum atomic E-state index is -0.546. The first-order valence-electron chi connectivity index (χ1n) is 11.9. The highest BCUT2D eigenvalue weighted by Gasteiger charge is 2.24. The summed E-state index contributed by atoms with van der Waals surface area (Å²) >= 11 is 5.99. The van der Waals surface area contributed by atoms with Crippen LogP contribution in [-0.2, 0) is 16.0 Å². The van der Waals surface area contributed by atoms with Crippen molar-refractivity contribution in [1.82, 2.24) is 9.47 Å². The molecule has 1 aliphatic rings. The lowest BCUT2D eigenvalue weighted by atomic mass is 9.94. The molecule has 190 valence electrons. The SMILES string of the molecule is COC(=O)c1cc(OCCC2CCN(C(=O)OCC(C)C)CC2)cn1CC(=O)c1cccc(Cl)c1. The van der Waals surface area contributed by atoms with Gasteiger partial charge in [-0.2, -0.15) is 0 Å². The molecule has 3 rings (SSSR count). The molecule has 2 heterocycles. The topological polar surface area (TPSA) is 87.1 Å². The molecule has 0 atom stereocenters. The number of Topliss-reactive ketones (excluding diaryl/α,β-unsaturated/α-hetero) is 1. The van der Waals surface area contributed by atoms with Crippen molar-refractivity contribution < 1.29 is 28.6 Å². The number of rotatable bonds is 10. The minimum absolute atomic E-state index is 0.0422. The molecule has 0 N–H and O–H groups in total. The second-order valence-corrected chi connectivity index (χ2v) is 9.59. The van der Waals surface area contributed by atoms with E-state index in [0.717, 1.165) is 19.3 Å². The maximum absolute atomic E-state index is 12.7. The largest absolute Gasteiger partial charge is 0.492 e. The van der Waals surface area contributed by atoms with Gasteiger partial charge < -0.3 is 23.7 Å². The molecule has 35 heavy (non-hydrogen) atoms. The number of likely N-dealkylation sites (tertiary alicyclic amines) is 1. The van der Waals surface area contributed by atoms with Gasteiger partial charge in [-0.05, 0) is 43.2 Å². The maximum atomic E-state index is 12.7. The Balaban J connectivity index is 1.52. The third-order valence-corrected chi connectivity index (χ3v) is 6.17. The number of amides is 1. The zero-order valence-corrected chi connectivity index (χ0v) is 21.3. The number of nitrogens with zero attached hydrogens (tertiary/aromatic N) is 2. The van der Waals surface area contributed by atoms with Crippen molar-refractivity contribution in [3.63, 3.8) is 0 Å². The smallest absolute Gasteiger partial charge is 0.409 e. The summed E-state index contributed by atoms with van der Waals surface area (Å²) in [7, 11) is 1.30. The number of carbonyl (C=O) groups is 3. The third-order valence-electron chi connectivity index (χ3n) is 5.93. The van der Waals surface area contributed by atoms with E-state index in [1.165, 1.54) is 11.7 Å². The Hall–Kier alpha value is -3.00. The van der Waals surface area contributed by atoms with Crippen LogP contribution in [0.5, 0.6) is 5.75 Å². The molecule has 2 aromatic rings. The second-order valence-electron chi connectivity index (χ2n) is 9.15. The van der Waals surface area contributed by atoms with Gasteiger partial charge >= 0.3 is 12.1 Å². The number of hydrogen-bond donors (Lipinski definition) is 0. The molecule has 0 spiro atoms. The molecule has 1 fully saturated rings. The molecule has 1 aromatic carbocycles. The number of aromatic nitrogens is 1. The number of benzene rings is 1. The zero-order chi connectivity index (χ0) is 25.4. The Kier molecular flexibility index (Phi) is 9.60. The van der Waals surface area contributed by atoms with Crippen molar-refractivity contribution in [3.8, 4) is 5.75 Å². The van der Waals surface area contributed by atoms with Gasteiger partial charge in [0.05, 0.1) is 26.9 Å². The molecule has 0 saturated carbocycles. The highest BCUT2D eigenvalue weighted by atomic mass is 35.5. The zero-order valence-electron chi connectivity index (χ0n) is 20.5. The van der Waals surface area contributed by atoms with E-state index in [4.69, 9.17) is 25.8 Å². The molecular weight excluding hydrogens is 472 g/mol. The predicted molar refractivity (Wildman–Crippen MR) is 132 cm³/mol. The van der Waals surface area contributed by atoms with E-state index in [1.54, 1.807) is 41.4 Å². The van der Waals surface area contributed by atoms with Gasteiger partial charge in [-0.3, -0.25) is 4.79 Å². The van der Waals surface area contributed by atoms with Gasteiger partial charge in [-0.15, -0.1) is 0 Å². The lowest BCUT2D eigenvalue weighted by Crippen LogP contribution is -2.39. The standard InChI is InChI=1S/C26H33ClN2O6/c1-18(2)17-35-26(32)28-10-7-19(8-11-28)9-12-34-22-14-23(25(31)33-3)29(15-22)16-24(30)20-5-4-6-21(27)13-20/h4-6,13-15,18-19H,7-12,16-17H2,1-3H3. The van der Waals surface area contributed by atoms with Crippen LogP contribution in [0.3, 0.4) is 0 Å². The summed E-state index contributed by atoms with van der Waals surface area (Å²) in [4.78, 5) is 38.8. The summed E-state index contributed by atoms with van der Waals surface area (Å²) in [5.74, 6) is 0.529. The summed E-state index contributed by atoms with van der Waals surface area (Å²) in [6.45, 7) is 6.24. The highest BCUT2D eigenvalue weighted by molar-refractivity contribution is 6.31. The average Bonchev–Trinajstić information content (AvgIpc) is 3.24.